The molecular formula is C39H35N7. The number of likely N-dealkylation sites (N-methyl/N-ethyl adjacent to an activating group) is 1. The zero-order valence-electron chi connectivity index (χ0n) is 26.3. The van der Waals surface area contributed by atoms with Crippen LogP contribution in [0.1, 0.15) is 31.4 Å². The molecule has 7 nitrogen and oxygen atoms in total. The van der Waals surface area contributed by atoms with E-state index in [4.69, 9.17) is 10.1 Å². The molecular weight excluding hydrogens is 566 g/mol. The second-order valence-corrected chi connectivity index (χ2v) is 12.8. The van der Waals surface area contributed by atoms with Crippen LogP contribution in [0.2, 0.25) is 0 Å². The lowest BCUT2D eigenvalue weighted by Crippen LogP contribution is -2.53. The Labute approximate surface area is 269 Å². The third kappa shape index (κ3) is 3.01. The van der Waals surface area contributed by atoms with Gasteiger partial charge in [-0.3, -0.25) is 4.90 Å². The van der Waals surface area contributed by atoms with Gasteiger partial charge in [0.05, 0.1) is 17.6 Å². The summed E-state index contributed by atoms with van der Waals surface area (Å²) in [5.41, 5.74) is 10.3. The van der Waals surface area contributed by atoms with Gasteiger partial charge in [-0.25, -0.2) is 15.0 Å². The molecule has 1 aromatic heterocycles. The molecule has 4 aromatic rings. The van der Waals surface area contributed by atoms with E-state index in [2.05, 4.69) is 138 Å². The second kappa shape index (κ2) is 9.30. The standard InChI is InChI=1S/C39H35N7/c1-6-16-25(7-2)34-42-46-30-22-15-13-20-28(30)38(4)33(39(38,8-3)37(46)44(34)26-17-10-9-11-18-26)32-27-19-12-14-21-29(27)45-35-31(23-40-24-41-35)43(5)36(32)45/h6-7,9-24,36-37H,1-2,8H2,3-5H3/b25-16+,33-32-. The molecule has 1 saturated carbocycles. The molecule has 4 aliphatic heterocycles. The molecule has 0 N–H and O–H groups in total. The summed E-state index contributed by atoms with van der Waals surface area (Å²) in [4.78, 5) is 16.4. The maximum absolute atomic E-state index is 5.45. The van der Waals surface area contributed by atoms with Gasteiger partial charge >= 0.3 is 0 Å². The zero-order chi connectivity index (χ0) is 31.4. The molecule has 4 unspecified atom stereocenters. The summed E-state index contributed by atoms with van der Waals surface area (Å²) >= 11 is 0. The summed E-state index contributed by atoms with van der Waals surface area (Å²) in [6.07, 6.45) is 10.1. The lowest BCUT2D eigenvalue weighted by Gasteiger charge is -2.43. The number of allylic oxidation sites excluding steroid dienone is 2. The van der Waals surface area contributed by atoms with Crippen molar-refractivity contribution < 1.29 is 0 Å². The molecule has 0 spiro atoms. The van der Waals surface area contributed by atoms with E-state index in [1.165, 1.54) is 28.0 Å². The molecule has 3 aromatic carbocycles. The number of hydrogen-bond donors (Lipinski definition) is 0. The first-order chi connectivity index (χ1) is 22.5. The number of rotatable bonds is 5. The minimum atomic E-state index is -0.261. The first-order valence-corrected chi connectivity index (χ1v) is 16.0. The van der Waals surface area contributed by atoms with Gasteiger partial charge in [0.2, 0.25) is 0 Å². The smallest absolute Gasteiger partial charge is 0.162 e. The lowest BCUT2D eigenvalue weighted by atomic mass is 9.79. The Morgan fingerprint density at radius 1 is 0.913 bits per heavy atom. The largest absolute Gasteiger partial charge is 0.346 e. The van der Waals surface area contributed by atoms with Gasteiger partial charge in [0, 0.05) is 40.3 Å². The second-order valence-electron chi connectivity index (χ2n) is 12.8. The van der Waals surface area contributed by atoms with E-state index in [0.29, 0.717) is 0 Å². The van der Waals surface area contributed by atoms with Gasteiger partial charge in [-0.05, 0) is 41.8 Å². The molecule has 4 atom stereocenters. The van der Waals surface area contributed by atoms with Gasteiger partial charge in [0.1, 0.15) is 24.3 Å². The molecule has 1 fully saturated rings. The third-order valence-electron chi connectivity index (χ3n) is 11.1. The van der Waals surface area contributed by atoms with Gasteiger partial charge in [-0.1, -0.05) is 99.8 Å². The Morgan fingerprint density at radius 3 is 2.41 bits per heavy atom. The Balaban J connectivity index is 1.36. The van der Waals surface area contributed by atoms with Crippen LogP contribution in [0, 0.1) is 5.41 Å². The molecule has 9 rings (SSSR count). The monoisotopic (exact) mass is 601 g/mol. The molecule has 1 aliphatic carbocycles. The summed E-state index contributed by atoms with van der Waals surface area (Å²) in [5.74, 6) is 1.83. The van der Waals surface area contributed by atoms with Crippen molar-refractivity contribution in [3.05, 3.63) is 145 Å². The van der Waals surface area contributed by atoms with Crippen LogP contribution in [0.15, 0.2) is 139 Å². The van der Waals surface area contributed by atoms with Crippen molar-refractivity contribution in [1.82, 2.24) is 9.97 Å². The van der Waals surface area contributed by atoms with Crippen LogP contribution in [0.4, 0.5) is 28.6 Å². The number of fused-ring (bicyclic) bond motifs is 11. The van der Waals surface area contributed by atoms with Crippen molar-refractivity contribution >= 4 is 40.0 Å². The Bertz CT molecular complexity index is 2060. The van der Waals surface area contributed by atoms with Gasteiger partial charge in [0.25, 0.3) is 0 Å². The fourth-order valence-corrected chi connectivity index (χ4v) is 9.21. The van der Waals surface area contributed by atoms with Gasteiger partial charge in [-0.15, -0.1) is 0 Å². The highest BCUT2D eigenvalue weighted by atomic mass is 15.6. The third-order valence-corrected chi connectivity index (χ3v) is 11.1. The minimum Gasteiger partial charge on any atom is -0.346 e. The Hall–Kier alpha value is -5.43. The number of hydrazone groups is 1. The zero-order valence-corrected chi connectivity index (χ0v) is 26.3. The molecule has 0 amide bonds. The van der Waals surface area contributed by atoms with Crippen molar-refractivity contribution in [3.8, 4) is 0 Å². The number of para-hydroxylation sites is 3. The highest BCUT2D eigenvalue weighted by Gasteiger charge is 2.80. The maximum atomic E-state index is 5.45. The van der Waals surface area contributed by atoms with Crippen molar-refractivity contribution in [3.63, 3.8) is 0 Å². The number of benzene rings is 3. The molecule has 7 heteroatoms. The van der Waals surface area contributed by atoms with Crippen LogP contribution in [-0.2, 0) is 5.41 Å². The minimum absolute atomic E-state index is 0.0260. The van der Waals surface area contributed by atoms with Crippen molar-refractivity contribution in [2.75, 3.05) is 26.8 Å². The van der Waals surface area contributed by atoms with Crippen molar-refractivity contribution in [2.45, 2.75) is 38.0 Å². The molecule has 5 aliphatic rings. The van der Waals surface area contributed by atoms with Crippen molar-refractivity contribution in [1.29, 1.82) is 0 Å². The Morgan fingerprint density at radius 2 is 1.65 bits per heavy atom. The summed E-state index contributed by atoms with van der Waals surface area (Å²) in [6.45, 7) is 13.0. The summed E-state index contributed by atoms with van der Waals surface area (Å²) in [7, 11) is 2.18. The van der Waals surface area contributed by atoms with Crippen LogP contribution in [0.3, 0.4) is 0 Å². The molecule has 226 valence electrons. The molecule has 5 heterocycles. The average Bonchev–Trinajstić information content (AvgIpc) is 3.41. The van der Waals surface area contributed by atoms with Gasteiger partial charge in [-0.2, -0.15) is 5.10 Å². The SMILES string of the molecule is C=C/C=C(\C=C)C1=NN2c3ccccc3C3(C)/C(=C4\c5ccccc5N5c6ncncc6N(C)C45)C3(CC)C2N1c1ccccc1. The highest BCUT2D eigenvalue weighted by molar-refractivity contribution is 6.15. The van der Waals surface area contributed by atoms with Gasteiger partial charge < -0.3 is 9.80 Å². The van der Waals surface area contributed by atoms with Crippen molar-refractivity contribution in [2.24, 2.45) is 10.5 Å². The summed E-state index contributed by atoms with van der Waals surface area (Å²) < 4.78 is 0. The first kappa shape index (κ1) is 26.9. The maximum Gasteiger partial charge on any atom is 0.162 e. The van der Waals surface area contributed by atoms with Crippen LogP contribution < -0.4 is 19.7 Å². The topological polar surface area (TPSA) is 51.1 Å². The molecule has 0 saturated heterocycles. The molecule has 46 heavy (non-hydrogen) atoms. The number of aromatic nitrogens is 2. The van der Waals surface area contributed by atoms with E-state index in [1.54, 1.807) is 6.33 Å². The fraction of sp³-hybridized carbons (Fsp3) is 0.205. The number of amidine groups is 1. The van der Waals surface area contributed by atoms with E-state index in [1.807, 2.05) is 24.4 Å². The van der Waals surface area contributed by atoms with Crippen LogP contribution in [-0.4, -0.2) is 35.2 Å². The van der Waals surface area contributed by atoms with Gasteiger partial charge in [0.15, 0.2) is 11.7 Å². The van der Waals surface area contributed by atoms with E-state index in [9.17, 15) is 0 Å². The lowest BCUT2D eigenvalue weighted by molar-refractivity contribution is 0.325. The van der Waals surface area contributed by atoms with Crippen LogP contribution in [0.25, 0.3) is 5.57 Å². The predicted molar refractivity (Wildman–Crippen MR) is 187 cm³/mol. The van der Waals surface area contributed by atoms with E-state index in [-0.39, 0.29) is 23.2 Å². The first-order valence-electron chi connectivity index (χ1n) is 16.0. The average molecular weight is 602 g/mol. The number of anilines is 5. The summed E-state index contributed by atoms with van der Waals surface area (Å²) in [6, 6.07) is 28.4. The van der Waals surface area contributed by atoms with E-state index in [0.717, 1.165) is 40.7 Å². The number of nitrogens with zero attached hydrogens (tertiary/aromatic N) is 7. The molecule has 0 radical (unpaired) electrons. The number of hydrogen-bond acceptors (Lipinski definition) is 7. The molecule has 0 bridgehead atoms. The van der Waals surface area contributed by atoms with E-state index < -0.39 is 0 Å². The van der Waals surface area contributed by atoms with Crippen LogP contribution in [0.5, 0.6) is 0 Å². The van der Waals surface area contributed by atoms with E-state index >= 15 is 0 Å². The fourth-order valence-electron chi connectivity index (χ4n) is 9.21. The van der Waals surface area contributed by atoms with Crippen LogP contribution >= 0.6 is 0 Å². The predicted octanol–water partition coefficient (Wildman–Crippen LogP) is 7.80. The Kier molecular flexibility index (Phi) is 5.44. The normalized spacial score (nSPS) is 28.2. The highest BCUT2D eigenvalue weighted by Crippen LogP contribution is 2.80. The quantitative estimate of drug-likeness (QED) is 0.218. The summed E-state index contributed by atoms with van der Waals surface area (Å²) in [5, 5.41) is 7.73.